The zero-order valence-corrected chi connectivity index (χ0v) is 12.7. The summed E-state index contributed by atoms with van der Waals surface area (Å²) in [7, 11) is 1.63. The standard InChI is InChI=1S/C16H21N3O3/c1-21-14-7-4-5-12(9-14)16-17-15(22-18-16)10-19-8-3-2-6-13(19)11-20/h4-5,7,9,13,20H,2-3,6,8,10-11H2,1H3. The molecular formula is C16H21N3O3. The van der Waals surface area contributed by atoms with Crippen molar-refractivity contribution in [2.45, 2.75) is 31.8 Å². The quantitative estimate of drug-likeness (QED) is 0.912. The Kier molecular flexibility index (Phi) is 4.70. The zero-order chi connectivity index (χ0) is 15.4. The average molecular weight is 303 g/mol. The predicted molar refractivity (Wildman–Crippen MR) is 81.4 cm³/mol. The molecule has 2 aromatic rings. The van der Waals surface area contributed by atoms with Crippen LogP contribution in [-0.4, -0.2) is 46.5 Å². The van der Waals surface area contributed by atoms with Crippen LogP contribution in [0.25, 0.3) is 11.4 Å². The summed E-state index contributed by atoms with van der Waals surface area (Å²) >= 11 is 0. The van der Waals surface area contributed by atoms with Crippen LogP contribution in [0.2, 0.25) is 0 Å². The lowest BCUT2D eigenvalue weighted by molar-refractivity contribution is 0.0749. The minimum absolute atomic E-state index is 0.177. The summed E-state index contributed by atoms with van der Waals surface area (Å²) in [6.07, 6.45) is 3.33. The van der Waals surface area contributed by atoms with Crippen molar-refractivity contribution in [3.8, 4) is 17.1 Å². The molecule has 1 unspecified atom stereocenters. The minimum atomic E-state index is 0.177. The van der Waals surface area contributed by atoms with Crippen molar-refractivity contribution in [1.29, 1.82) is 0 Å². The summed E-state index contributed by atoms with van der Waals surface area (Å²) in [6, 6.07) is 7.78. The molecular weight excluding hydrogens is 282 g/mol. The Hall–Kier alpha value is -1.92. The zero-order valence-electron chi connectivity index (χ0n) is 12.7. The number of aliphatic hydroxyl groups is 1. The topological polar surface area (TPSA) is 71.6 Å². The molecule has 1 aliphatic heterocycles. The van der Waals surface area contributed by atoms with Crippen LogP contribution in [0.3, 0.4) is 0 Å². The molecule has 1 atom stereocenters. The van der Waals surface area contributed by atoms with Crippen molar-refractivity contribution in [3.05, 3.63) is 30.2 Å². The first-order valence-electron chi connectivity index (χ1n) is 7.62. The molecule has 0 amide bonds. The SMILES string of the molecule is COc1cccc(-c2noc(CN3CCCCC3CO)n2)c1. The van der Waals surface area contributed by atoms with Crippen LogP contribution >= 0.6 is 0 Å². The van der Waals surface area contributed by atoms with Crippen LogP contribution in [-0.2, 0) is 6.54 Å². The van der Waals surface area contributed by atoms with E-state index in [0.717, 1.165) is 30.7 Å². The van der Waals surface area contributed by atoms with Gasteiger partial charge in [-0.15, -0.1) is 0 Å². The van der Waals surface area contributed by atoms with Gasteiger partial charge in [0.25, 0.3) is 0 Å². The number of hydrogen-bond donors (Lipinski definition) is 1. The summed E-state index contributed by atoms with van der Waals surface area (Å²) in [5.41, 5.74) is 0.867. The van der Waals surface area contributed by atoms with Crippen LogP contribution in [0.1, 0.15) is 25.2 Å². The van der Waals surface area contributed by atoms with E-state index < -0.39 is 0 Å². The molecule has 0 aliphatic carbocycles. The molecule has 22 heavy (non-hydrogen) atoms. The van der Waals surface area contributed by atoms with Crippen molar-refractivity contribution in [3.63, 3.8) is 0 Å². The Morgan fingerprint density at radius 2 is 2.32 bits per heavy atom. The number of aromatic nitrogens is 2. The van der Waals surface area contributed by atoms with Crippen LogP contribution in [0.15, 0.2) is 28.8 Å². The number of methoxy groups -OCH3 is 1. The summed E-state index contributed by atoms with van der Waals surface area (Å²) in [6.45, 7) is 1.72. The van der Waals surface area contributed by atoms with E-state index in [1.54, 1.807) is 7.11 Å². The highest BCUT2D eigenvalue weighted by Gasteiger charge is 2.23. The first kappa shape index (κ1) is 15.0. The molecule has 0 spiro atoms. The summed E-state index contributed by atoms with van der Waals surface area (Å²) in [5.74, 6) is 1.91. The molecule has 3 rings (SSSR count). The van der Waals surface area contributed by atoms with Crippen molar-refractivity contribution >= 4 is 0 Å². The van der Waals surface area contributed by atoms with Gasteiger partial charge < -0.3 is 14.4 Å². The molecule has 1 fully saturated rings. The Morgan fingerprint density at radius 1 is 1.41 bits per heavy atom. The normalized spacial score (nSPS) is 19.3. The molecule has 118 valence electrons. The second-order valence-corrected chi connectivity index (χ2v) is 5.55. The maximum Gasteiger partial charge on any atom is 0.241 e. The number of ether oxygens (including phenoxy) is 1. The van der Waals surface area contributed by atoms with E-state index in [-0.39, 0.29) is 12.6 Å². The van der Waals surface area contributed by atoms with E-state index in [2.05, 4.69) is 15.0 Å². The van der Waals surface area contributed by atoms with Crippen molar-refractivity contribution < 1.29 is 14.4 Å². The van der Waals surface area contributed by atoms with Gasteiger partial charge in [-0.05, 0) is 31.5 Å². The second kappa shape index (κ2) is 6.89. The average Bonchev–Trinajstić information content (AvgIpc) is 3.04. The first-order chi connectivity index (χ1) is 10.8. The number of aliphatic hydroxyl groups excluding tert-OH is 1. The van der Waals surface area contributed by atoms with Crippen LogP contribution in [0.4, 0.5) is 0 Å². The van der Waals surface area contributed by atoms with Gasteiger partial charge in [0, 0.05) is 11.6 Å². The third-order valence-corrected chi connectivity index (χ3v) is 4.09. The fourth-order valence-corrected chi connectivity index (χ4v) is 2.85. The van der Waals surface area contributed by atoms with E-state index >= 15 is 0 Å². The van der Waals surface area contributed by atoms with E-state index in [9.17, 15) is 5.11 Å². The molecule has 1 aromatic heterocycles. The lowest BCUT2D eigenvalue weighted by Gasteiger charge is -2.33. The predicted octanol–water partition coefficient (Wildman–Crippen LogP) is 2.09. The summed E-state index contributed by atoms with van der Waals surface area (Å²) in [5, 5.41) is 13.5. The number of nitrogens with zero attached hydrogens (tertiary/aromatic N) is 3. The summed E-state index contributed by atoms with van der Waals surface area (Å²) in [4.78, 5) is 6.68. The van der Waals surface area contributed by atoms with E-state index in [0.29, 0.717) is 18.3 Å². The molecule has 0 bridgehead atoms. The lowest BCUT2D eigenvalue weighted by atomic mass is 10.0. The minimum Gasteiger partial charge on any atom is -0.497 e. The molecule has 1 saturated heterocycles. The van der Waals surface area contributed by atoms with Crippen molar-refractivity contribution in [1.82, 2.24) is 15.0 Å². The fourth-order valence-electron chi connectivity index (χ4n) is 2.85. The van der Waals surface area contributed by atoms with Gasteiger partial charge in [-0.2, -0.15) is 4.98 Å². The van der Waals surface area contributed by atoms with Gasteiger partial charge in [-0.3, -0.25) is 4.90 Å². The number of piperidine rings is 1. The second-order valence-electron chi connectivity index (χ2n) is 5.55. The summed E-state index contributed by atoms with van der Waals surface area (Å²) < 4.78 is 10.6. The molecule has 0 radical (unpaired) electrons. The Bertz CT molecular complexity index is 614. The molecule has 1 aromatic carbocycles. The molecule has 1 aliphatic rings. The Morgan fingerprint density at radius 3 is 3.14 bits per heavy atom. The van der Waals surface area contributed by atoms with Crippen molar-refractivity contribution in [2.24, 2.45) is 0 Å². The smallest absolute Gasteiger partial charge is 0.241 e. The van der Waals surface area contributed by atoms with E-state index in [1.807, 2.05) is 24.3 Å². The maximum absolute atomic E-state index is 9.46. The molecule has 1 N–H and O–H groups in total. The number of rotatable bonds is 5. The van der Waals surface area contributed by atoms with E-state index in [4.69, 9.17) is 9.26 Å². The number of likely N-dealkylation sites (tertiary alicyclic amines) is 1. The molecule has 2 heterocycles. The highest BCUT2D eigenvalue weighted by molar-refractivity contribution is 5.56. The number of hydrogen-bond acceptors (Lipinski definition) is 6. The van der Waals surface area contributed by atoms with E-state index in [1.165, 1.54) is 6.42 Å². The largest absolute Gasteiger partial charge is 0.497 e. The Balaban J connectivity index is 1.73. The van der Waals surface area contributed by atoms with Gasteiger partial charge in [-0.25, -0.2) is 0 Å². The lowest BCUT2D eigenvalue weighted by Crippen LogP contribution is -2.41. The monoisotopic (exact) mass is 303 g/mol. The Labute approximate surface area is 129 Å². The highest BCUT2D eigenvalue weighted by atomic mass is 16.5. The maximum atomic E-state index is 9.46. The van der Waals surface area contributed by atoms with Gasteiger partial charge in [0.15, 0.2) is 0 Å². The third-order valence-electron chi connectivity index (χ3n) is 4.09. The molecule has 6 heteroatoms. The van der Waals surface area contributed by atoms with Gasteiger partial charge in [0.2, 0.25) is 11.7 Å². The molecule has 0 saturated carbocycles. The number of benzene rings is 1. The van der Waals surface area contributed by atoms with Crippen LogP contribution in [0.5, 0.6) is 5.75 Å². The van der Waals surface area contributed by atoms with Gasteiger partial charge in [0.05, 0.1) is 20.3 Å². The highest BCUT2D eigenvalue weighted by Crippen LogP contribution is 2.23. The fraction of sp³-hybridized carbons (Fsp3) is 0.500. The van der Waals surface area contributed by atoms with Gasteiger partial charge >= 0.3 is 0 Å². The van der Waals surface area contributed by atoms with Crippen LogP contribution in [0, 0.1) is 0 Å². The van der Waals surface area contributed by atoms with Gasteiger partial charge in [-0.1, -0.05) is 23.7 Å². The van der Waals surface area contributed by atoms with Crippen molar-refractivity contribution in [2.75, 3.05) is 20.3 Å². The van der Waals surface area contributed by atoms with Crippen LogP contribution < -0.4 is 4.74 Å². The third kappa shape index (κ3) is 3.28. The molecule has 6 nitrogen and oxygen atoms in total. The van der Waals surface area contributed by atoms with Gasteiger partial charge in [0.1, 0.15) is 5.75 Å². The first-order valence-corrected chi connectivity index (χ1v) is 7.62.